The molecule has 4 amide bonds. The Labute approximate surface area is 319 Å². The third kappa shape index (κ3) is 5.21. The lowest BCUT2D eigenvalue weighted by Gasteiger charge is -2.50. The van der Waals surface area contributed by atoms with E-state index in [9.17, 15) is 19.5 Å². The molecular weight excluding hydrogens is 741 g/mol. The number of hydrazine groups is 1. The molecule has 0 bridgehead atoms. The highest BCUT2D eigenvalue weighted by Crippen LogP contribution is 2.65. The van der Waals surface area contributed by atoms with Crippen LogP contribution in [0.1, 0.15) is 29.9 Å². The Morgan fingerprint density at radius 2 is 1.55 bits per heavy atom. The molecule has 53 heavy (non-hydrogen) atoms. The first kappa shape index (κ1) is 35.0. The van der Waals surface area contributed by atoms with Gasteiger partial charge in [-0.05, 0) is 84.5 Å². The molecule has 4 aliphatic rings. The minimum atomic E-state index is -1.61. The molecule has 2 aliphatic heterocycles. The number of carbonyl (C=O) groups is 4. The van der Waals surface area contributed by atoms with Gasteiger partial charge >= 0.3 is 0 Å². The number of ether oxygens (including phenoxy) is 2. The van der Waals surface area contributed by atoms with Crippen LogP contribution in [0.25, 0.3) is 0 Å². The Hall–Kier alpha value is -5.03. The smallest absolute Gasteiger partial charge is 0.260 e. The van der Waals surface area contributed by atoms with Gasteiger partial charge in [0.2, 0.25) is 11.8 Å². The fraction of sp³-hybridized carbons (Fsp3) is 0.250. The second-order valence-corrected chi connectivity index (χ2v) is 14.9. The van der Waals surface area contributed by atoms with Crippen molar-refractivity contribution < 1.29 is 33.8 Å². The number of amides is 4. The minimum Gasteiger partial charge on any atom is -0.503 e. The number of hydrogen-bond acceptors (Lipinski definition) is 8. The number of imide groups is 2. The van der Waals surface area contributed by atoms with Gasteiger partial charge in [-0.15, -0.1) is 0 Å². The first-order valence-electron chi connectivity index (χ1n) is 16.9. The molecule has 10 nitrogen and oxygen atoms in total. The molecule has 8 rings (SSSR count). The number of aromatic hydroxyl groups is 1. The van der Waals surface area contributed by atoms with Crippen molar-refractivity contribution >= 4 is 69.8 Å². The molecule has 2 saturated heterocycles. The Bertz CT molecular complexity index is 2230. The molecule has 2 N–H and O–H groups in total. The van der Waals surface area contributed by atoms with Crippen molar-refractivity contribution in [1.82, 2.24) is 5.01 Å². The molecule has 0 unspecified atom stereocenters. The summed E-state index contributed by atoms with van der Waals surface area (Å²) in [7, 11) is 2.92. The van der Waals surface area contributed by atoms with E-state index in [4.69, 9.17) is 44.3 Å². The molecule has 2 aliphatic carbocycles. The Kier molecular flexibility index (Phi) is 8.67. The molecule has 4 aromatic rings. The molecule has 0 aromatic heterocycles. The van der Waals surface area contributed by atoms with Crippen LogP contribution in [-0.4, -0.2) is 48.0 Å². The molecule has 4 aromatic carbocycles. The highest BCUT2D eigenvalue weighted by Gasteiger charge is 2.70. The number of phenols is 1. The highest BCUT2D eigenvalue weighted by atomic mass is 35.5. The van der Waals surface area contributed by atoms with Crippen LogP contribution < -0.4 is 19.8 Å². The van der Waals surface area contributed by atoms with Gasteiger partial charge in [-0.3, -0.25) is 29.5 Å². The number of para-hydroxylation sites is 1. The third-order valence-corrected chi connectivity index (χ3v) is 12.0. The first-order chi connectivity index (χ1) is 25.5. The molecule has 3 fully saturated rings. The standard InChI is InChI=1S/C40H32Cl3N3O7/c1-52-24-11-8-21(9-12-24)40-28(37(49)46(39(40)51)44-31-15-10-22(41)18-29(31)42)19-27-25(34(40)20-16-30(43)35(47)32(17-20)53-2)13-14-26-33(27)38(50)45(36(26)48)23-6-4-3-5-7-23/h3-13,15-18,26-28,33-34,44,47H,14,19H2,1-2H3/t26-,27+,28-,33-,34-,40+/m0/s1. The summed E-state index contributed by atoms with van der Waals surface area (Å²) in [6.45, 7) is 0. The zero-order chi connectivity index (χ0) is 37.3. The van der Waals surface area contributed by atoms with Crippen LogP contribution in [0.5, 0.6) is 17.2 Å². The summed E-state index contributed by atoms with van der Waals surface area (Å²) in [5, 5.41) is 12.3. The number of hydrogen-bond donors (Lipinski definition) is 2. The first-order valence-corrected chi connectivity index (χ1v) is 18.1. The predicted octanol–water partition coefficient (Wildman–Crippen LogP) is 7.56. The van der Waals surface area contributed by atoms with E-state index in [1.807, 2.05) is 12.1 Å². The van der Waals surface area contributed by atoms with E-state index in [2.05, 4.69) is 5.43 Å². The zero-order valence-electron chi connectivity index (χ0n) is 28.4. The lowest BCUT2D eigenvalue weighted by atomic mass is 9.49. The van der Waals surface area contributed by atoms with Crippen molar-refractivity contribution in [2.45, 2.75) is 24.2 Å². The van der Waals surface area contributed by atoms with Gasteiger partial charge in [0.25, 0.3) is 11.8 Å². The van der Waals surface area contributed by atoms with Gasteiger partial charge in [0.1, 0.15) is 5.75 Å². The van der Waals surface area contributed by atoms with Gasteiger partial charge in [0.15, 0.2) is 11.5 Å². The number of fused-ring (bicyclic) bond motifs is 4. The molecule has 1 saturated carbocycles. The van der Waals surface area contributed by atoms with Crippen LogP contribution in [0.4, 0.5) is 11.4 Å². The molecule has 2 heterocycles. The van der Waals surface area contributed by atoms with Crippen molar-refractivity contribution in [2.24, 2.45) is 23.7 Å². The highest BCUT2D eigenvalue weighted by molar-refractivity contribution is 6.36. The summed E-state index contributed by atoms with van der Waals surface area (Å²) >= 11 is 19.4. The third-order valence-electron chi connectivity index (χ3n) is 11.2. The fourth-order valence-electron chi connectivity index (χ4n) is 8.97. The number of carbonyl (C=O) groups excluding carboxylic acids is 4. The fourth-order valence-corrected chi connectivity index (χ4v) is 9.64. The minimum absolute atomic E-state index is 0.0285. The topological polar surface area (TPSA) is 125 Å². The van der Waals surface area contributed by atoms with Crippen molar-refractivity contribution in [3.8, 4) is 17.2 Å². The summed E-state index contributed by atoms with van der Waals surface area (Å²) < 4.78 is 11.0. The Morgan fingerprint density at radius 1 is 0.811 bits per heavy atom. The molecule has 270 valence electrons. The van der Waals surface area contributed by atoms with Crippen molar-refractivity contribution in [1.29, 1.82) is 0 Å². The van der Waals surface area contributed by atoms with Crippen LogP contribution in [0.15, 0.2) is 96.6 Å². The van der Waals surface area contributed by atoms with Gasteiger partial charge in [-0.2, -0.15) is 5.01 Å². The van der Waals surface area contributed by atoms with E-state index in [1.165, 1.54) is 25.2 Å². The van der Waals surface area contributed by atoms with Crippen molar-refractivity contribution in [3.63, 3.8) is 0 Å². The second-order valence-electron chi connectivity index (χ2n) is 13.6. The molecule has 6 atom stereocenters. The number of nitrogens with one attached hydrogen (secondary N) is 1. The zero-order valence-corrected chi connectivity index (χ0v) is 30.7. The summed E-state index contributed by atoms with van der Waals surface area (Å²) in [5.41, 5.74) is 3.82. The predicted molar refractivity (Wildman–Crippen MR) is 199 cm³/mol. The van der Waals surface area contributed by atoms with Gasteiger partial charge in [0, 0.05) is 10.9 Å². The molecule has 13 heteroatoms. The number of allylic oxidation sites excluding steroid dienone is 2. The van der Waals surface area contributed by atoms with Gasteiger partial charge in [-0.25, -0.2) is 0 Å². The second kappa shape index (κ2) is 13.1. The van der Waals surface area contributed by atoms with Gasteiger partial charge in [0.05, 0.1) is 58.8 Å². The van der Waals surface area contributed by atoms with Crippen LogP contribution in [0, 0.1) is 23.7 Å². The maximum atomic E-state index is 15.4. The van der Waals surface area contributed by atoms with Gasteiger partial charge < -0.3 is 14.6 Å². The van der Waals surface area contributed by atoms with E-state index in [-0.39, 0.29) is 51.9 Å². The quantitative estimate of drug-likeness (QED) is 0.146. The summed E-state index contributed by atoms with van der Waals surface area (Å²) in [4.78, 5) is 60.0. The molecule has 0 radical (unpaired) electrons. The number of halogens is 3. The van der Waals surface area contributed by atoms with E-state index in [1.54, 1.807) is 72.8 Å². The average Bonchev–Trinajstić information content (AvgIpc) is 3.54. The van der Waals surface area contributed by atoms with Crippen molar-refractivity contribution in [3.05, 3.63) is 123 Å². The van der Waals surface area contributed by atoms with Crippen molar-refractivity contribution in [2.75, 3.05) is 24.5 Å². The van der Waals surface area contributed by atoms with E-state index < -0.39 is 46.8 Å². The number of methoxy groups -OCH3 is 2. The summed E-state index contributed by atoms with van der Waals surface area (Å²) in [6, 6.07) is 23.6. The van der Waals surface area contributed by atoms with E-state index >= 15 is 4.79 Å². The largest absolute Gasteiger partial charge is 0.503 e. The normalized spacial score (nSPS) is 26.2. The summed E-state index contributed by atoms with van der Waals surface area (Å²) in [6.07, 6.45) is 2.25. The summed E-state index contributed by atoms with van der Waals surface area (Å²) in [5.74, 6) is -5.52. The van der Waals surface area contributed by atoms with Crippen LogP contribution in [0.2, 0.25) is 15.1 Å². The molecular formula is C40H32Cl3N3O7. The van der Waals surface area contributed by atoms with Gasteiger partial charge in [-0.1, -0.05) is 76.8 Å². The maximum absolute atomic E-state index is 15.4. The lowest BCUT2D eigenvalue weighted by Crippen LogP contribution is -2.53. The lowest BCUT2D eigenvalue weighted by molar-refractivity contribution is -0.138. The van der Waals surface area contributed by atoms with E-state index in [0.29, 0.717) is 33.2 Å². The average molecular weight is 773 g/mol. The monoisotopic (exact) mass is 771 g/mol. The van der Waals surface area contributed by atoms with Crippen LogP contribution in [0.3, 0.4) is 0 Å². The SMILES string of the molecule is COc1ccc([C@@]23C(=O)N(Nc4ccc(Cl)cc4Cl)C(=O)[C@@H]2C[C@@H]2C(=CC[C@@H]4C(=O)N(c5ccccc5)C(=O)[C@@H]42)[C@@H]3c2cc(Cl)c(O)c(OC)c2)cc1. The Balaban J connectivity index is 1.36. The number of anilines is 2. The number of rotatable bonds is 7. The molecule has 0 spiro atoms. The Morgan fingerprint density at radius 3 is 2.23 bits per heavy atom. The van der Waals surface area contributed by atoms with E-state index in [0.717, 1.165) is 5.01 Å². The van der Waals surface area contributed by atoms with Crippen LogP contribution >= 0.6 is 34.8 Å². The maximum Gasteiger partial charge on any atom is 0.260 e. The number of phenolic OH excluding ortho intramolecular Hbond substituents is 1. The number of nitrogens with zero attached hydrogens (tertiary/aromatic N) is 2. The van der Waals surface area contributed by atoms with Crippen LogP contribution in [-0.2, 0) is 24.6 Å². The number of benzene rings is 4.